The zero-order chi connectivity index (χ0) is 20.4. The van der Waals surface area contributed by atoms with Crippen LogP contribution in [0.1, 0.15) is 17.6 Å². The second-order valence-electron chi connectivity index (χ2n) is 7.61. The fraction of sp³-hybridized carbons (Fsp3) is 0.174. The van der Waals surface area contributed by atoms with Crippen molar-refractivity contribution in [1.29, 1.82) is 0 Å². The number of hydrogen-bond acceptors (Lipinski definition) is 4. The van der Waals surface area contributed by atoms with Gasteiger partial charge in [0, 0.05) is 40.2 Å². The third-order valence-electron chi connectivity index (χ3n) is 5.94. The zero-order valence-corrected chi connectivity index (χ0v) is 16.9. The average molecular weight is 414 g/mol. The van der Waals surface area contributed by atoms with Gasteiger partial charge in [0.15, 0.2) is 5.82 Å². The first-order valence-corrected chi connectivity index (χ1v) is 10.9. The molecule has 2 aliphatic rings. The Morgan fingerprint density at radius 2 is 1.83 bits per heavy atom. The van der Waals surface area contributed by atoms with Gasteiger partial charge in [0.2, 0.25) is 0 Å². The number of carbonyl (C=O) groups is 1. The van der Waals surface area contributed by atoms with Gasteiger partial charge >= 0.3 is 0 Å². The molecule has 4 aromatic rings. The molecule has 0 aliphatic carbocycles. The molecule has 4 heterocycles. The summed E-state index contributed by atoms with van der Waals surface area (Å²) in [6.07, 6.45) is 0.409. The van der Waals surface area contributed by atoms with Crippen molar-refractivity contribution >= 4 is 45.2 Å². The van der Waals surface area contributed by atoms with Gasteiger partial charge in [-0.15, -0.1) is 11.8 Å². The molecule has 0 saturated carbocycles. The Morgan fingerprint density at radius 3 is 2.70 bits per heavy atom. The third-order valence-corrected chi connectivity index (χ3v) is 7.09. The van der Waals surface area contributed by atoms with Crippen molar-refractivity contribution in [2.75, 3.05) is 12.3 Å². The van der Waals surface area contributed by atoms with Crippen LogP contribution in [-0.4, -0.2) is 37.6 Å². The Balaban J connectivity index is 1.62. The molecule has 1 N–H and O–H groups in total. The van der Waals surface area contributed by atoms with Crippen molar-refractivity contribution < 1.29 is 4.79 Å². The zero-order valence-electron chi connectivity index (χ0n) is 16.1. The summed E-state index contributed by atoms with van der Waals surface area (Å²) >= 11 is 1.74. The summed E-state index contributed by atoms with van der Waals surface area (Å²) in [5, 5.41) is 1.67. The fourth-order valence-electron chi connectivity index (χ4n) is 4.52. The lowest BCUT2D eigenvalue weighted by Crippen LogP contribution is -2.47. The smallest absolute Gasteiger partial charge is 0.262 e. The molecule has 1 atom stereocenters. The van der Waals surface area contributed by atoms with Crippen molar-refractivity contribution in [3.8, 4) is 0 Å². The van der Waals surface area contributed by atoms with E-state index in [1.165, 1.54) is 0 Å². The fourth-order valence-corrected chi connectivity index (χ4v) is 5.64. The maximum absolute atomic E-state index is 13.5. The molecule has 2 aromatic heterocycles. The van der Waals surface area contributed by atoms with E-state index < -0.39 is 6.04 Å². The van der Waals surface area contributed by atoms with E-state index in [-0.39, 0.29) is 11.5 Å². The lowest BCUT2D eigenvalue weighted by molar-refractivity contribution is -0.132. The van der Waals surface area contributed by atoms with Crippen molar-refractivity contribution in [2.24, 2.45) is 0 Å². The second kappa shape index (κ2) is 6.34. The first kappa shape index (κ1) is 17.5. The van der Waals surface area contributed by atoms with Crippen LogP contribution < -0.4 is 5.56 Å². The molecular weight excluding hydrogens is 396 g/mol. The maximum atomic E-state index is 13.5. The van der Waals surface area contributed by atoms with Gasteiger partial charge in [-0.3, -0.25) is 14.2 Å². The summed E-state index contributed by atoms with van der Waals surface area (Å²) in [6.45, 7) is 4.66. The van der Waals surface area contributed by atoms with Crippen molar-refractivity contribution in [1.82, 2.24) is 19.4 Å². The molecule has 2 bridgehead atoms. The predicted octanol–water partition coefficient (Wildman–Crippen LogP) is 3.58. The highest BCUT2D eigenvalue weighted by atomic mass is 32.2. The summed E-state index contributed by atoms with van der Waals surface area (Å²) in [5.74, 6) is 1.12. The molecule has 30 heavy (non-hydrogen) atoms. The predicted molar refractivity (Wildman–Crippen MR) is 119 cm³/mol. The van der Waals surface area contributed by atoms with Gasteiger partial charge in [-0.2, -0.15) is 0 Å². The minimum Gasteiger partial charge on any atom is -0.357 e. The standard InChI is InChI=1S/C23H18N4O2S/c1-13-21-25-17-9-5-3-7-15(17)22(28)27(21)19-12-18-20(30-11-10-26(13)23(19)29)14-6-2-4-8-16(14)24-18/h2-9,19,24H,1,10-12H2. The Labute approximate surface area is 176 Å². The van der Waals surface area contributed by atoms with Gasteiger partial charge in [0.25, 0.3) is 11.5 Å². The van der Waals surface area contributed by atoms with Gasteiger partial charge in [-0.25, -0.2) is 4.98 Å². The Bertz CT molecular complexity index is 1430. The van der Waals surface area contributed by atoms with Gasteiger partial charge in [0.1, 0.15) is 6.04 Å². The molecule has 0 fully saturated rings. The van der Waals surface area contributed by atoms with E-state index in [9.17, 15) is 9.59 Å². The van der Waals surface area contributed by atoms with E-state index in [0.29, 0.717) is 35.4 Å². The minimum atomic E-state index is -0.652. The van der Waals surface area contributed by atoms with Crippen LogP contribution in [0.2, 0.25) is 0 Å². The van der Waals surface area contributed by atoms with Gasteiger partial charge in [-0.1, -0.05) is 36.9 Å². The normalized spacial score (nSPS) is 18.7. The number of amides is 1. The number of H-pyrrole nitrogens is 1. The summed E-state index contributed by atoms with van der Waals surface area (Å²) in [6, 6.07) is 14.8. The van der Waals surface area contributed by atoms with Gasteiger partial charge < -0.3 is 9.88 Å². The molecule has 1 amide bonds. The van der Waals surface area contributed by atoms with E-state index in [4.69, 9.17) is 4.98 Å². The third kappa shape index (κ3) is 2.35. The largest absolute Gasteiger partial charge is 0.357 e. The average Bonchev–Trinajstić information content (AvgIpc) is 3.12. The highest BCUT2D eigenvalue weighted by Crippen LogP contribution is 2.38. The number of benzene rings is 2. The molecule has 7 heteroatoms. The Hall–Kier alpha value is -3.32. The van der Waals surface area contributed by atoms with Crippen LogP contribution in [0.3, 0.4) is 0 Å². The lowest BCUT2D eigenvalue weighted by atomic mass is 10.0. The Morgan fingerprint density at radius 1 is 1.07 bits per heavy atom. The number of para-hydroxylation sites is 2. The molecule has 2 aromatic carbocycles. The van der Waals surface area contributed by atoms with Crippen LogP contribution in [0.5, 0.6) is 0 Å². The van der Waals surface area contributed by atoms with E-state index in [0.717, 1.165) is 27.2 Å². The van der Waals surface area contributed by atoms with Crippen LogP contribution in [0.4, 0.5) is 0 Å². The first-order valence-electron chi connectivity index (χ1n) is 9.88. The molecule has 148 valence electrons. The topological polar surface area (TPSA) is 71.0 Å². The maximum Gasteiger partial charge on any atom is 0.262 e. The number of nitrogens with one attached hydrogen (secondary N) is 1. The summed E-state index contributed by atoms with van der Waals surface area (Å²) < 4.78 is 1.55. The number of fused-ring (bicyclic) bond motifs is 8. The van der Waals surface area contributed by atoms with E-state index >= 15 is 0 Å². The van der Waals surface area contributed by atoms with E-state index in [2.05, 4.69) is 17.6 Å². The van der Waals surface area contributed by atoms with Crippen LogP contribution in [0.15, 0.2) is 64.8 Å². The lowest BCUT2D eigenvalue weighted by Gasteiger charge is -2.35. The van der Waals surface area contributed by atoms with Crippen molar-refractivity contribution in [3.63, 3.8) is 0 Å². The number of thioether (sulfide) groups is 1. The molecule has 0 radical (unpaired) electrons. The van der Waals surface area contributed by atoms with Crippen LogP contribution >= 0.6 is 11.8 Å². The molecule has 0 spiro atoms. The number of nitrogens with zero attached hydrogens (tertiary/aromatic N) is 3. The van der Waals surface area contributed by atoms with Crippen molar-refractivity contribution in [2.45, 2.75) is 17.4 Å². The molecule has 2 aliphatic heterocycles. The van der Waals surface area contributed by atoms with Crippen LogP contribution in [0, 0.1) is 0 Å². The summed E-state index contributed by atoms with van der Waals surface area (Å²) in [7, 11) is 0. The van der Waals surface area contributed by atoms with Crippen LogP contribution in [0.25, 0.3) is 27.5 Å². The highest BCUT2D eigenvalue weighted by molar-refractivity contribution is 7.99. The molecule has 0 saturated heterocycles. The monoisotopic (exact) mass is 414 g/mol. The first-order chi connectivity index (χ1) is 14.6. The number of aromatic amines is 1. The quantitative estimate of drug-likeness (QED) is 0.477. The van der Waals surface area contributed by atoms with E-state index in [1.807, 2.05) is 36.4 Å². The van der Waals surface area contributed by atoms with Crippen LogP contribution in [-0.2, 0) is 11.2 Å². The second-order valence-corrected chi connectivity index (χ2v) is 8.72. The minimum absolute atomic E-state index is 0.0983. The molecular formula is C23H18N4O2S. The summed E-state index contributed by atoms with van der Waals surface area (Å²) in [5.41, 5.74) is 2.96. The molecule has 1 unspecified atom stereocenters. The van der Waals surface area contributed by atoms with Gasteiger partial charge in [-0.05, 0) is 18.2 Å². The molecule has 6 rings (SSSR count). The number of aromatic nitrogens is 3. The van der Waals surface area contributed by atoms with Crippen molar-refractivity contribution in [3.05, 3.63) is 77.0 Å². The summed E-state index contributed by atoms with van der Waals surface area (Å²) in [4.78, 5) is 38.0. The SMILES string of the molecule is C=C1c2nc3ccccc3c(=O)n2C2Cc3[nH]c4ccccc4c3SCCN1C2=O. The highest BCUT2D eigenvalue weighted by Gasteiger charge is 2.39. The number of rotatable bonds is 0. The molecule has 6 nitrogen and oxygen atoms in total. The number of carbonyl (C=O) groups excluding carboxylic acids is 1. The van der Waals surface area contributed by atoms with E-state index in [1.54, 1.807) is 27.3 Å². The van der Waals surface area contributed by atoms with Gasteiger partial charge in [0.05, 0.1) is 16.6 Å². The number of hydrogen-bond donors (Lipinski definition) is 1. The Kier molecular flexibility index (Phi) is 3.70.